The van der Waals surface area contributed by atoms with E-state index in [2.05, 4.69) is 29.3 Å². The molecule has 1 aliphatic rings. The van der Waals surface area contributed by atoms with Crippen LogP contribution in [0.15, 0.2) is 24.3 Å². The van der Waals surface area contributed by atoms with Gasteiger partial charge in [0.2, 0.25) is 0 Å². The van der Waals surface area contributed by atoms with Crippen LogP contribution in [0.2, 0.25) is 5.02 Å². The van der Waals surface area contributed by atoms with Gasteiger partial charge >= 0.3 is 0 Å². The third-order valence-corrected chi connectivity index (χ3v) is 4.18. The minimum Gasteiger partial charge on any atom is -0.316 e. The van der Waals surface area contributed by atoms with Crippen LogP contribution in [0.3, 0.4) is 0 Å². The molecule has 2 rings (SSSR count). The summed E-state index contributed by atoms with van der Waals surface area (Å²) in [5.41, 5.74) is 1.26. The van der Waals surface area contributed by atoms with Gasteiger partial charge in [-0.05, 0) is 56.4 Å². The van der Waals surface area contributed by atoms with Crippen molar-refractivity contribution in [2.45, 2.75) is 32.7 Å². The van der Waals surface area contributed by atoms with Crippen molar-refractivity contribution in [3.8, 4) is 0 Å². The van der Waals surface area contributed by atoms with Crippen molar-refractivity contribution in [3.05, 3.63) is 34.9 Å². The van der Waals surface area contributed by atoms with E-state index in [0.29, 0.717) is 0 Å². The highest BCUT2D eigenvalue weighted by Gasteiger charge is 2.19. The second-order valence-corrected chi connectivity index (χ2v) is 5.95. The Bertz CT molecular complexity index is 381. The van der Waals surface area contributed by atoms with E-state index < -0.39 is 0 Å². The van der Waals surface area contributed by atoms with Crippen LogP contribution in [0.4, 0.5) is 0 Å². The molecule has 0 aliphatic carbocycles. The number of piperidine rings is 1. The maximum atomic E-state index is 6.24. The zero-order valence-electron chi connectivity index (χ0n) is 11.9. The smallest absolute Gasteiger partial charge is 0.0451 e. The summed E-state index contributed by atoms with van der Waals surface area (Å²) < 4.78 is 0. The molecule has 1 aliphatic heterocycles. The SMILES string of the molecule is CCCNCC1CCCN(Cc2ccccc2Cl)C1. The second kappa shape index (κ2) is 7.88. The third-order valence-electron chi connectivity index (χ3n) is 3.81. The summed E-state index contributed by atoms with van der Waals surface area (Å²) in [5, 5.41) is 4.44. The van der Waals surface area contributed by atoms with Crippen LogP contribution in [0, 0.1) is 5.92 Å². The Kier molecular flexibility index (Phi) is 6.15. The van der Waals surface area contributed by atoms with E-state index in [1.54, 1.807) is 0 Å². The molecule has 106 valence electrons. The van der Waals surface area contributed by atoms with Gasteiger partial charge in [-0.1, -0.05) is 36.7 Å². The number of benzene rings is 1. The highest BCUT2D eigenvalue weighted by atomic mass is 35.5. The number of hydrogen-bond acceptors (Lipinski definition) is 2. The van der Waals surface area contributed by atoms with Gasteiger partial charge in [-0.3, -0.25) is 4.90 Å². The number of nitrogens with zero attached hydrogens (tertiary/aromatic N) is 1. The Morgan fingerprint density at radius 3 is 3.00 bits per heavy atom. The molecule has 1 N–H and O–H groups in total. The summed E-state index contributed by atoms with van der Waals surface area (Å²) in [4.78, 5) is 2.54. The van der Waals surface area contributed by atoms with Gasteiger partial charge in [0.1, 0.15) is 0 Å². The first-order valence-electron chi connectivity index (χ1n) is 7.46. The molecule has 19 heavy (non-hydrogen) atoms. The summed E-state index contributed by atoms with van der Waals surface area (Å²) in [6, 6.07) is 8.20. The van der Waals surface area contributed by atoms with E-state index in [9.17, 15) is 0 Å². The fourth-order valence-corrected chi connectivity index (χ4v) is 3.01. The molecule has 0 spiro atoms. The molecule has 1 heterocycles. The van der Waals surface area contributed by atoms with Crippen LogP contribution in [-0.4, -0.2) is 31.1 Å². The maximum Gasteiger partial charge on any atom is 0.0451 e. The molecule has 3 heteroatoms. The molecule has 1 unspecified atom stereocenters. The summed E-state index contributed by atoms with van der Waals surface area (Å²) in [5.74, 6) is 0.794. The van der Waals surface area contributed by atoms with Gasteiger partial charge in [0, 0.05) is 18.1 Å². The average molecular weight is 281 g/mol. The number of hydrogen-bond donors (Lipinski definition) is 1. The van der Waals surface area contributed by atoms with Crippen molar-refractivity contribution < 1.29 is 0 Å². The van der Waals surface area contributed by atoms with Crippen LogP contribution in [-0.2, 0) is 6.54 Å². The lowest BCUT2D eigenvalue weighted by Crippen LogP contribution is -2.39. The molecular weight excluding hydrogens is 256 g/mol. The lowest BCUT2D eigenvalue weighted by atomic mass is 9.97. The van der Waals surface area contributed by atoms with Crippen LogP contribution in [0.25, 0.3) is 0 Å². The zero-order valence-corrected chi connectivity index (χ0v) is 12.6. The Labute approximate surface area is 122 Å². The fraction of sp³-hybridized carbons (Fsp3) is 0.625. The predicted octanol–water partition coefficient (Wildman–Crippen LogP) is 3.55. The maximum absolute atomic E-state index is 6.24. The van der Waals surface area contributed by atoms with Crippen LogP contribution >= 0.6 is 11.6 Å². The summed E-state index contributed by atoms with van der Waals surface area (Å²) in [6.45, 7) is 7.91. The lowest BCUT2D eigenvalue weighted by Gasteiger charge is -2.33. The van der Waals surface area contributed by atoms with E-state index in [4.69, 9.17) is 11.6 Å². The number of halogens is 1. The van der Waals surface area contributed by atoms with E-state index >= 15 is 0 Å². The van der Waals surface area contributed by atoms with Crippen molar-refractivity contribution >= 4 is 11.6 Å². The largest absolute Gasteiger partial charge is 0.316 e. The van der Waals surface area contributed by atoms with Crippen LogP contribution in [0.1, 0.15) is 31.7 Å². The zero-order chi connectivity index (χ0) is 13.5. The molecule has 1 saturated heterocycles. The first kappa shape index (κ1) is 14.8. The Hall–Kier alpha value is -0.570. The molecule has 0 bridgehead atoms. The van der Waals surface area contributed by atoms with Gasteiger partial charge in [0.25, 0.3) is 0 Å². The van der Waals surface area contributed by atoms with Gasteiger partial charge in [-0.15, -0.1) is 0 Å². The topological polar surface area (TPSA) is 15.3 Å². The lowest BCUT2D eigenvalue weighted by molar-refractivity contribution is 0.165. The predicted molar refractivity (Wildman–Crippen MR) is 82.6 cm³/mol. The monoisotopic (exact) mass is 280 g/mol. The molecule has 1 aromatic carbocycles. The minimum absolute atomic E-state index is 0.794. The Morgan fingerprint density at radius 2 is 2.21 bits per heavy atom. The van der Waals surface area contributed by atoms with Gasteiger partial charge in [0.05, 0.1) is 0 Å². The van der Waals surface area contributed by atoms with E-state index in [-0.39, 0.29) is 0 Å². The fourth-order valence-electron chi connectivity index (χ4n) is 2.81. The first-order valence-corrected chi connectivity index (χ1v) is 7.84. The van der Waals surface area contributed by atoms with Gasteiger partial charge in [-0.25, -0.2) is 0 Å². The van der Waals surface area contributed by atoms with E-state index in [1.807, 2.05) is 12.1 Å². The molecule has 0 amide bonds. The third kappa shape index (κ3) is 4.79. The van der Waals surface area contributed by atoms with Crippen LogP contribution in [0.5, 0.6) is 0 Å². The molecule has 0 aromatic heterocycles. The molecule has 0 radical (unpaired) electrons. The first-order chi connectivity index (χ1) is 9.29. The Morgan fingerprint density at radius 1 is 1.37 bits per heavy atom. The summed E-state index contributed by atoms with van der Waals surface area (Å²) in [7, 11) is 0. The van der Waals surface area contributed by atoms with Gasteiger partial charge in [-0.2, -0.15) is 0 Å². The normalized spacial score (nSPS) is 20.6. The average Bonchev–Trinajstić information content (AvgIpc) is 2.42. The number of rotatable bonds is 6. The molecule has 1 aromatic rings. The highest BCUT2D eigenvalue weighted by molar-refractivity contribution is 6.31. The van der Waals surface area contributed by atoms with Crippen LogP contribution < -0.4 is 5.32 Å². The standard InChI is InChI=1S/C16H25ClN2/c1-2-9-18-11-14-6-5-10-19(12-14)13-15-7-3-4-8-16(15)17/h3-4,7-8,14,18H,2,5-6,9-13H2,1H3. The summed E-state index contributed by atoms with van der Waals surface area (Å²) in [6.07, 6.45) is 3.88. The minimum atomic E-state index is 0.794. The van der Waals surface area contributed by atoms with Crippen molar-refractivity contribution in [2.75, 3.05) is 26.2 Å². The summed E-state index contributed by atoms with van der Waals surface area (Å²) >= 11 is 6.24. The van der Waals surface area contributed by atoms with Crippen molar-refractivity contribution in [1.82, 2.24) is 10.2 Å². The van der Waals surface area contributed by atoms with Crippen molar-refractivity contribution in [3.63, 3.8) is 0 Å². The van der Waals surface area contributed by atoms with E-state index in [1.165, 1.54) is 37.9 Å². The Balaban J connectivity index is 1.82. The van der Waals surface area contributed by atoms with E-state index in [0.717, 1.165) is 30.6 Å². The molecule has 1 atom stereocenters. The van der Waals surface area contributed by atoms with Gasteiger partial charge in [0.15, 0.2) is 0 Å². The molecular formula is C16H25ClN2. The molecule has 1 fully saturated rings. The second-order valence-electron chi connectivity index (χ2n) is 5.54. The highest BCUT2D eigenvalue weighted by Crippen LogP contribution is 2.21. The van der Waals surface area contributed by atoms with Crippen molar-refractivity contribution in [2.24, 2.45) is 5.92 Å². The van der Waals surface area contributed by atoms with Gasteiger partial charge < -0.3 is 5.32 Å². The quantitative estimate of drug-likeness (QED) is 0.802. The number of likely N-dealkylation sites (tertiary alicyclic amines) is 1. The molecule has 2 nitrogen and oxygen atoms in total. The molecule has 0 saturated carbocycles. The number of nitrogens with one attached hydrogen (secondary N) is 1. The van der Waals surface area contributed by atoms with Crippen molar-refractivity contribution in [1.29, 1.82) is 0 Å².